The third-order valence-corrected chi connectivity index (χ3v) is 6.14. The average Bonchev–Trinajstić information content (AvgIpc) is 3.29. The van der Waals surface area contributed by atoms with E-state index in [1.54, 1.807) is 29.2 Å². The molecule has 1 aliphatic heterocycles. The van der Waals surface area contributed by atoms with Crippen LogP contribution < -0.4 is 10.6 Å². The van der Waals surface area contributed by atoms with Gasteiger partial charge in [0.2, 0.25) is 5.91 Å². The minimum Gasteiger partial charge on any atom is -0.349 e. The number of anilines is 1. The van der Waals surface area contributed by atoms with Gasteiger partial charge < -0.3 is 15.5 Å². The summed E-state index contributed by atoms with van der Waals surface area (Å²) < 4.78 is 0. The highest BCUT2D eigenvalue weighted by molar-refractivity contribution is 5.99. The maximum absolute atomic E-state index is 13.2. The molecule has 1 heterocycles. The van der Waals surface area contributed by atoms with Gasteiger partial charge in [-0.15, -0.1) is 0 Å². The van der Waals surface area contributed by atoms with Crippen LogP contribution in [0.4, 0.5) is 5.69 Å². The molecule has 2 aliphatic rings. The molecule has 162 valence electrons. The maximum Gasteiger partial charge on any atom is 0.251 e. The number of hydrogen-bond donors (Lipinski definition) is 2. The summed E-state index contributed by atoms with van der Waals surface area (Å²) >= 11 is 0. The van der Waals surface area contributed by atoms with Gasteiger partial charge in [0.05, 0.1) is 0 Å². The van der Waals surface area contributed by atoms with Gasteiger partial charge in [-0.1, -0.05) is 43.2 Å². The van der Waals surface area contributed by atoms with Crippen molar-refractivity contribution in [3.8, 4) is 0 Å². The lowest BCUT2D eigenvalue weighted by Crippen LogP contribution is -2.43. The third kappa shape index (κ3) is 5.13. The second-order valence-corrected chi connectivity index (χ2v) is 8.38. The molecule has 1 aliphatic carbocycles. The van der Waals surface area contributed by atoms with Gasteiger partial charge in [0.1, 0.15) is 6.04 Å². The van der Waals surface area contributed by atoms with Crippen molar-refractivity contribution < 1.29 is 14.4 Å². The second-order valence-electron chi connectivity index (χ2n) is 8.38. The topological polar surface area (TPSA) is 78.5 Å². The molecular weight excluding hydrogens is 390 g/mol. The van der Waals surface area contributed by atoms with Crippen molar-refractivity contribution in [3.05, 3.63) is 65.7 Å². The number of carbonyl (C=O) groups is 3. The number of rotatable bonds is 6. The average molecular weight is 420 g/mol. The zero-order valence-corrected chi connectivity index (χ0v) is 17.7. The zero-order chi connectivity index (χ0) is 21.6. The van der Waals surface area contributed by atoms with Crippen molar-refractivity contribution in [2.75, 3.05) is 11.9 Å². The van der Waals surface area contributed by atoms with E-state index in [-0.39, 0.29) is 23.8 Å². The van der Waals surface area contributed by atoms with Crippen LogP contribution in [0.25, 0.3) is 0 Å². The molecule has 1 atom stereocenters. The quantitative estimate of drug-likeness (QED) is 0.741. The largest absolute Gasteiger partial charge is 0.349 e. The summed E-state index contributed by atoms with van der Waals surface area (Å²) in [5.74, 6) is -0.315. The molecule has 2 aromatic carbocycles. The number of benzene rings is 2. The van der Waals surface area contributed by atoms with E-state index in [4.69, 9.17) is 0 Å². The van der Waals surface area contributed by atoms with Gasteiger partial charge in [-0.3, -0.25) is 14.4 Å². The molecule has 0 bridgehead atoms. The van der Waals surface area contributed by atoms with E-state index >= 15 is 0 Å². The Bertz CT molecular complexity index is 921. The summed E-state index contributed by atoms with van der Waals surface area (Å²) in [6.45, 7) is 0.575. The van der Waals surface area contributed by atoms with Crippen molar-refractivity contribution in [1.29, 1.82) is 0 Å². The molecule has 2 fully saturated rings. The van der Waals surface area contributed by atoms with Crippen molar-refractivity contribution in [2.45, 2.75) is 57.0 Å². The Morgan fingerprint density at radius 2 is 1.61 bits per heavy atom. The molecule has 1 saturated carbocycles. The summed E-state index contributed by atoms with van der Waals surface area (Å²) in [4.78, 5) is 39.9. The summed E-state index contributed by atoms with van der Waals surface area (Å²) in [6.07, 6.45) is 6.64. The highest BCUT2D eigenvalue weighted by Crippen LogP contribution is 2.27. The molecule has 31 heavy (non-hydrogen) atoms. The fourth-order valence-electron chi connectivity index (χ4n) is 4.46. The van der Waals surface area contributed by atoms with Gasteiger partial charge >= 0.3 is 0 Å². The fourth-order valence-corrected chi connectivity index (χ4v) is 4.46. The molecule has 1 unspecified atom stereocenters. The Kier molecular flexibility index (Phi) is 6.65. The number of likely N-dealkylation sites (tertiary alicyclic amines) is 1. The van der Waals surface area contributed by atoms with E-state index in [0.29, 0.717) is 24.2 Å². The van der Waals surface area contributed by atoms with Crippen molar-refractivity contribution in [3.63, 3.8) is 0 Å². The number of nitrogens with zero attached hydrogens (tertiary/aromatic N) is 1. The van der Waals surface area contributed by atoms with E-state index in [2.05, 4.69) is 10.6 Å². The van der Waals surface area contributed by atoms with Crippen LogP contribution in [0.15, 0.2) is 54.6 Å². The minimum atomic E-state index is -0.667. The number of nitrogens with one attached hydrogen (secondary N) is 2. The Hall–Kier alpha value is -3.15. The number of amides is 3. The van der Waals surface area contributed by atoms with Crippen LogP contribution in [0.3, 0.4) is 0 Å². The Labute approximate surface area is 183 Å². The molecule has 4 rings (SSSR count). The lowest BCUT2D eigenvalue weighted by atomic mass is 10.0. The summed E-state index contributed by atoms with van der Waals surface area (Å²) in [7, 11) is 0. The van der Waals surface area contributed by atoms with Crippen LogP contribution >= 0.6 is 0 Å². The predicted molar refractivity (Wildman–Crippen MR) is 120 cm³/mol. The fraction of sp³-hybridized carbons (Fsp3) is 0.400. The maximum atomic E-state index is 13.2. The first kappa shape index (κ1) is 21.1. The SMILES string of the molecule is O=C(NC1CCCC1)c1ccc(NC(=O)C(c2ccccc2)N2CCCCC2=O)cc1. The first-order valence-corrected chi connectivity index (χ1v) is 11.2. The van der Waals surface area contributed by atoms with E-state index in [1.807, 2.05) is 30.3 Å². The first-order valence-electron chi connectivity index (χ1n) is 11.2. The number of hydrogen-bond acceptors (Lipinski definition) is 3. The van der Waals surface area contributed by atoms with Crippen LogP contribution in [0.5, 0.6) is 0 Å². The van der Waals surface area contributed by atoms with Crippen LogP contribution in [-0.4, -0.2) is 35.2 Å². The van der Waals surface area contributed by atoms with Crippen LogP contribution in [0.1, 0.15) is 66.9 Å². The van der Waals surface area contributed by atoms with Crippen LogP contribution in [-0.2, 0) is 9.59 Å². The lowest BCUT2D eigenvalue weighted by molar-refractivity contribution is -0.141. The van der Waals surface area contributed by atoms with Gasteiger partial charge in [0.25, 0.3) is 11.8 Å². The standard InChI is InChI=1S/C25H29N3O3/c29-22-12-6-7-17-28(22)23(18-8-2-1-3-9-18)25(31)27-21-15-13-19(14-16-21)24(30)26-20-10-4-5-11-20/h1-3,8-9,13-16,20,23H,4-7,10-12,17H2,(H,26,30)(H,27,31). The van der Waals surface area contributed by atoms with Gasteiger partial charge in [-0.2, -0.15) is 0 Å². The molecule has 2 N–H and O–H groups in total. The van der Waals surface area contributed by atoms with E-state index in [9.17, 15) is 14.4 Å². The number of carbonyl (C=O) groups excluding carboxylic acids is 3. The Balaban J connectivity index is 1.46. The normalized spacial score (nSPS) is 17.9. The molecule has 2 aromatic rings. The van der Waals surface area contributed by atoms with Crippen LogP contribution in [0, 0.1) is 0 Å². The van der Waals surface area contributed by atoms with E-state index in [1.165, 1.54) is 0 Å². The Morgan fingerprint density at radius 1 is 0.903 bits per heavy atom. The van der Waals surface area contributed by atoms with Gasteiger partial charge in [-0.05, 0) is 55.5 Å². The third-order valence-electron chi connectivity index (χ3n) is 6.14. The summed E-state index contributed by atoms with van der Waals surface area (Å²) in [5, 5.41) is 6.01. The molecular formula is C25H29N3O3. The number of piperidine rings is 1. The predicted octanol–water partition coefficient (Wildman–Crippen LogP) is 4.05. The highest BCUT2D eigenvalue weighted by atomic mass is 16.2. The van der Waals surface area contributed by atoms with Gasteiger partial charge in [0, 0.05) is 30.3 Å². The summed E-state index contributed by atoms with van der Waals surface area (Å²) in [6, 6.07) is 15.9. The molecule has 0 spiro atoms. The zero-order valence-electron chi connectivity index (χ0n) is 17.7. The van der Waals surface area contributed by atoms with Crippen molar-refractivity contribution >= 4 is 23.4 Å². The molecule has 0 aromatic heterocycles. The molecule has 0 radical (unpaired) electrons. The van der Waals surface area contributed by atoms with Crippen molar-refractivity contribution in [1.82, 2.24) is 10.2 Å². The second kappa shape index (κ2) is 9.77. The molecule has 6 nitrogen and oxygen atoms in total. The molecule has 6 heteroatoms. The molecule has 1 saturated heterocycles. The van der Waals surface area contributed by atoms with Gasteiger partial charge in [0.15, 0.2) is 0 Å². The van der Waals surface area contributed by atoms with Crippen molar-refractivity contribution in [2.24, 2.45) is 0 Å². The molecule has 3 amide bonds. The highest BCUT2D eigenvalue weighted by Gasteiger charge is 2.32. The summed E-state index contributed by atoms with van der Waals surface area (Å²) in [5.41, 5.74) is 1.98. The minimum absolute atomic E-state index is 0.00850. The van der Waals surface area contributed by atoms with Crippen LogP contribution in [0.2, 0.25) is 0 Å². The lowest BCUT2D eigenvalue weighted by Gasteiger charge is -2.34. The smallest absolute Gasteiger partial charge is 0.251 e. The van der Waals surface area contributed by atoms with E-state index in [0.717, 1.165) is 44.1 Å². The Morgan fingerprint density at radius 3 is 2.29 bits per heavy atom. The first-order chi connectivity index (χ1) is 15.1. The van der Waals surface area contributed by atoms with E-state index < -0.39 is 6.04 Å². The van der Waals surface area contributed by atoms with Gasteiger partial charge in [-0.25, -0.2) is 0 Å². The monoisotopic (exact) mass is 419 g/mol.